The molecule has 1 N–H and O–H groups in total. The maximum atomic E-state index is 10.3. The van der Waals surface area contributed by atoms with Gasteiger partial charge in [-0.3, -0.25) is 4.90 Å². The summed E-state index contributed by atoms with van der Waals surface area (Å²) < 4.78 is 10.8. The van der Waals surface area contributed by atoms with Crippen LogP contribution in [0.15, 0.2) is 0 Å². The summed E-state index contributed by atoms with van der Waals surface area (Å²) in [5, 5.41) is 10.3. The van der Waals surface area contributed by atoms with Crippen molar-refractivity contribution < 1.29 is 14.6 Å². The Morgan fingerprint density at radius 1 is 0.850 bits per heavy atom. The first kappa shape index (κ1) is 14.7. The van der Waals surface area contributed by atoms with E-state index in [0.29, 0.717) is 5.41 Å². The zero-order valence-corrected chi connectivity index (χ0v) is 12.4. The summed E-state index contributed by atoms with van der Waals surface area (Å²) in [7, 11) is 0. The monoisotopic (exact) mass is 284 g/mol. The van der Waals surface area contributed by atoms with Crippen LogP contribution in [0.4, 0.5) is 0 Å². The van der Waals surface area contributed by atoms with Crippen molar-refractivity contribution in [3.8, 4) is 0 Å². The predicted molar refractivity (Wildman–Crippen MR) is 76.8 cm³/mol. The fourth-order valence-corrected chi connectivity index (χ4v) is 3.83. The van der Waals surface area contributed by atoms with Gasteiger partial charge in [0.05, 0.1) is 19.3 Å². The summed E-state index contributed by atoms with van der Waals surface area (Å²) in [6.45, 7) is 9.26. The Morgan fingerprint density at radius 2 is 1.50 bits per heavy atom. The molecule has 0 saturated carbocycles. The van der Waals surface area contributed by atoms with Gasteiger partial charge in [-0.2, -0.15) is 0 Å². The smallest absolute Gasteiger partial charge is 0.0793 e. The molecule has 5 nitrogen and oxygen atoms in total. The number of likely N-dealkylation sites (tertiary alicyclic amines) is 1. The number of morpholine rings is 1. The highest BCUT2D eigenvalue weighted by molar-refractivity contribution is 4.92. The first-order valence-electron chi connectivity index (χ1n) is 8.04. The van der Waals surface area contributed by atoms with Gasteiger partial charge in [-0.25, -0.2) is 0 Å². The summed E-state index contributed by atoms with van der Waals surface area (Å²) in [4.78, 5) is 4.77. The van der Waals surface area contributed by atoms with Gasteiger partial charge in [0.1, 0.15) is 0 Å². The largest absolute Gasteiger partial charge is 0.390 e. The van der Waals surface area contributed by atoms with Gasteiger partial charge in [-0.15, -0.1) is 0 Å². The molecule has 20 heavy (non-hydrogen) atoms. The molecule has 1 spiro atoms. The van der Waals surface area contributed by atoms with Crippen LogP contribution in [0.3, 0.4) is 0 Å². The molecular formula is C15H28N2O3. The molecule has 0 radical (unpaired) electrons. The second kappa shape index (κ2) is 6.71. The molecule has 0 aromatic heterocycles. The Labute approximate surface area is 121 Å². The van der Waals surface area contributed by atoms with E-state index in [1.54, 1.807) is 0 Å². The SMILES string of the molecule is OC(CN1CCOCC1)CN1CCC2(CCOCC2)C1. The van der Waals surface area contributed by atoms with Crippen molar-refractivity contribution in [2.24, 2.45) is 5.41 Å². The molecule has 3 fully saturated rings. The average molecular weight is 284 g/mol. The molecular weight excluding hydrogens is 256 g/mol. The lowest BCUT2D eigenvalue weighted by molar-refractivity contribution is 0.00245. The fraction of sp³-hybridized carbons (Fsp3) is 1.00. The van der Waals surface area contributed by atoms with Gasteiger partial charge < -0.3 is 19.5 Å². The van der Waals surface area contributed by atoms with E-state index in [2.05, 4.69) is 9.80 Å². The zero-order valence-electron chi connectivity index (χ0n) is 12.4. The molecule has 1 unspecified atom stereocenters. The van der Waals surface area contributed by atoms with Gasteiger partial charge in [0, 0.05) is 45.9 Å². The van der Waals surface area contributed by atoms with Gasteiger partial charge >= 0.3 is 0 Å². The van der Waals surface area contributed by atoms with E-state index < -0.39 is 0 Å². The van der Waals surface area contributed by atoms with Gasteiger partial charge in [0.2, 0.25) is 0 Å². The van der Waals surface area contributed by atoms with E-state index in [1.807, 2.05) is 0 Å². The maximum absolute atomic E-state index is 10.3. The van der Waals surface area contributed by atoms with Gasteiger partial charge in [-0.05, 0) is 31.2 Å². The minimum atomic E-state index is -0.233. The Bertz CT molecular complexity index is 301. The van der Waals surface area contributed by atoms with Crippen molar-refractivity contribution in [1.29, 1.82) is 0 Å². The van der Waals surface area contributed by atoms with Gasteiger partial charge in [0.15, 0.2) is 0 Å². The molecule has 5 heteroatoms. The summed E-state index contributed by atoms with van der Waals surface area (Å²) in [6, 6.07) is 0. The van der Waals surface area contributed by atoms with Crippen LogP contribution in [0.5, 0.6) is 0 Å². The molecule has 1 atom stereocenters. The van der Waals surface area contributed by atoms with E-state index >= 15 is 0 Å². The number of hydrogen-bond donors (Lipinski definition) is 1. The second-order valence-corrected chi connectivity index (χ2v) is 6.66. The van der Waals surface area contributed by atoms with E-state index in [0.717, 1.165) is 65.7 Å². The van der Waals surface area contributed by atoms with E-state index in [4.69, 9.17) is 9.47 Å². The number of aliphatic hydroxyl groups is 1. The number of ether oxygens (including phenoxy) is 2. The standard InChI is InChI=1S/C15H28N2O3/c18-14(11-16-5-9-20-10-6-16)12-17-4-1-15(13-17)2-7-19-8-3-15/h14,18H,1-13H2. The van der Waals surface area contributed by atoms with Crippen molar-refractivity contribution >= 4 is 0 Å². The average Bonchev–Trinajstić information content (AvgIpc) is 2.83. The van der Waals surface area contributed by atoms with Gasteiger partial charge in [0.25, 0.3) is 0 Å². The predicted octanol–water partition coefficient (Wildman–Crippen LogP) is 0.182. The number of β-amino-alcohol motifs (C(OH)–C–C–N with tert-alkyl or cyclic N) is 1. The molecule has 3 heterocycles. The Hall–Kier alpha value is -0.200. The van der Waals surface area contributed by atoms with Crippen LogP contribution in [-0.2, 0) is 9.47 Å². The third-order valence-electron chi connectivity index (χ3n) is 5.11. The van der Waals surface area contributed by atoms with E-state index in [-0.39, 0.29) is 6.10 Å². The lowest BCUT2D eigenvalue weighted by Gasteiger charge is -2.34. The molecule has 3 saturated heterocycles. The van der Waals surface area contributed by atoms with Crippen LogP contribution in [-0.4, -0.2) is 86.7 Å². The van der Waals surface area contributed by atoms with Crippen molar-refractivity contribution in [3.05, 3.63) is 0 Å². The van der Waals surface area contributed by atoms with Crippen LogP contribution in [0.1, 0.15) is 19.3 Å². The Kier molecular flexibility index (Phi) is 4.94. The fourth-order valence-electron chi connectivity index (χ4n) is 3.83. The molecule has 0 aromatic rings. The minimum absolute atomic E-state index is 0.233. The molecule has 116 valence electrons. The van der Waals surface area contributed by atoms with E-state index in [9.17, 15) is 5.11 Å². The Balaban J connectivity index is 1.41. The molecule has 3 aliphatic heterocycles. The van der Waals surface area contributed by atoms with Crippen LogP contribution < -0.4 is 0 Å². The summed E-state index contributed by atoms with van der Waals surface area (Å²) in [5.41, 5.74) is 0.483. The van der Waals surface area contributed by atoms with Crippen LogP contribution >= 0.6 is 0 Å². The summed E-state index contributed by atoms with van der Waals surface area (Å²) in [5.74, 6) is 0. The number of nitrogens with zero attached hydrogens (tertiary/aromatic N) is 2. The quantitative estimate of drug-likeness (QED) is 0.798. The van der Waals surface area contributed by atoms with E-state index in [1.165, 1.54) is 19.3 Å². The van der Waals surface area contributed by atoms with Gasteiger partial charge in [-0.1, -0.05) is 0 Å². The first-order valence-corrected chi connectivity index (χ1v) is 8.04. The second-order valence-electron chi connectivity index (χ2n) is 6.66. The molecule has 3 rings (SSSR count). The summed E-state index contributed by atoms with van der Waals surface area (Å²) in [6.07, 6.45) is 3.44. The topological polar surface area (TPSA) is 45.2 Å². The molecule has 0 amide bonds. The van der Waals surface area contributed by atoms with Crippen LogP contribution in [0.25, 0.3) is 0 Å². The summed E-state index contributed by atoms with van der Waals surface area (Å²) >= 11 is 0. The molecule has 0 aliphatic carbocycles. The molecule has 0 bridgehead atoms. The third kappa shape index (κ3) is 3.71. The maximum Gasteiger partial charge on any atom is 0.0793 e. The lowest BCUT2D eigenvalue weighted by atomic mass is 9.80. The van der Waals surface area contributed by atoms with Crippen LogP contribution in [0.2, 0.25) is 0 Å². The molecule has 0 aromatic carbocycles. The number of aliphatic hydroxyl groups excluding tert-OH is 1. The highest BCUT2D eigenvalue weighted by Crippen LogP contribution is 2.39. The highest BCUT2D eigenvalue weighted by atomic mass is 16.5. The number of hydrogen-bond acceptors (Lipinski definition) is 5. The zero-order chi connectivity index (χ0) is 13.8. The Morgan fingerprint density at radius 3 is 2.25 bits per heavy atom. The molecule has 3 aliphatic rings. The highest BCUT2D eigenvalue weighted by Gasteiger charge is 2.39. The first-order chi connectivity index (χ1) is 9.76. The minimum Gasteiger partial charge on any atom is -0.390 e. The van der Waals surface area contributed by atoms with Crippen molar-refractivity contribution in [1.82, 2.24) is 9.80 Å². The van der Waals surface area contributed by atoms with Crippen molar-refractivity contribution in [2.75, 3.05) is 65.7 Å². The van der Waals surface area contributed by atoms with Crippen molar-refractivity contribution in [3.63, 3.8) is 0 Å². The number of rotatable bonds is 4. The van der Waals surface area contributed by atoms with Crippen LogP contribution in [0, 0.1) is 5.41 Å². The lowest BCUT2D eigenvalue weighted by Crippen LogP contribution is -2.44. The van der Waals surface area contributed by atoms with Crippen molar-refractivity contribution in [2.45, 2.75) is 25.4 Å². The normalized spacial score (nSPS) is 29.9. The third-order valence-corrected chi connectivity index (χ3v) is 5.11.